The Morgan fingerprint density at radius 3 is 2.74 bits per heavy atom. The Morgan fingerprint density at radius 1 is 1.15 bits per heavy atom. The molecule has 2 fully saturated rings. The quantitative estimate of drug-likeness (QED) is 0.544. The first-order valence-electron chi connectivity index (χ1n) is 11.8. The highest BCUT2D eigenvalue weighted by atomic mass is 19.1. The molecule has 0 bridgehead atoms. The minimum absolute atomic E-state index is 0.0615. The van der Waals surface area contributed by atoms with E-state index >= 15 is 4.39 Å². The smallest absolute Gasteiger partial charge is 0.328 e. The number of halogens is 1. The molecule has 1 N–H and O–H groups in total. The van der Waals surface area contributed by atoms with Crippen molar-refractivity contribution >= 4 is 23.6 Å². The molecular formula is C26H27FN4O3. The van der Waals surface area contributed by atoms with E-state index in [1.165, 1.54) is 12.1 Å². The van der Waals surface area contributed by atoms with Crippen molar-refractivity contribution in [2.24, 2.45) is 0 Å². The first kappa shape index (κ1) is 22.3. The molecule has 34 heavy (non-hydrogen) atoms. The highest BCUT2D eigenvalue weighted by Gasteiger charge is 2.31. The second-order valence-corrected chi connectivity index (χ2v) is 9.22. The zero-order chi connectivity index (χ0) is 23.8. The summed E-state index contributed by atoms with van der Waals surface area (Å²) in [5.74, 6) is -1.45. The van der Waals surface area contributed by atoms with Gasteiger partial charge in [-0.25, -0.2) is 18.7 Å². The summed E-state index contributed by atoms with van der Waals surface area (Å²) in [5, 5.41) is 13.5. The van der Waals surface area contributed by atoms with E-state index in [2.05, 4.69) is 17.0 Å². The lowest BCUT2D eigenvalue weighted by molar-refractivity contribution is -0.131. The van der Waals surface area contributed by atoms with Gasteiger partial charge in [-0.3, -0.25) is 4.79 Å². The van der Waals surface area contributed by atoms with Gasteiger partial charge in [0.2, 0.25) is 0 Å². The fourth-order valence-electron chi connectivity index (χ4n) is 4.67. The zero-order valence-corrected chi connectivity index (χ0v) is 19.1. The number of rotatable bonds is 5. The van der Waals surface area contributed by atoms with Crippen molar-refractivity contribution in [3.05, 3.63) is 59.2 Å². The van der Waals surface area contributed by atoms with Crippen molar-refractivity contribution in [1.82, 2.24) is 19.5 Å². The average Bonchev–Trinajstić information content (AvgIpc) is 3.60. The Hall–Kier alpha value is -3.55. The molecule has 2 aromatic heterocycles. The van der Waals surface area contributed by atoms with Crippen molar-refractivity contribution in [2.75, 3.05) is 6.54 Å². The van der Waals surface area contributed by atoms with E-state index in [0.29, 0.717) is 23.0 Å². The lowest BCUT2D eigenvalue weighted by Crippen LogP contribution is -2.38. The van der Waals surface area contributed by atoms with Crippen LogP contribution in [0.25, 0.3) is 23.0 Å². The molecule has 7 nitrogen and oxygen atoms in total. The van der Waals surface area contributed by atoms with Gasteiger partial charge in [0.05, 0.1) is 5.69 Å². The number of hydrogen-bond donors (Lipinski definition) is 1. The van der Waals surface area contributed by atoms with Crippen LogP contribution in [0.2, 0.25) is 0 Å². The Labute approximate surface area is 196 Å². The summed E-state index contributed by atoms with van der Waals surface area (Å²) in [6.45, 7) is 2.83. The number of carboxylic acid groups (broad SMARTS) is 1. The third-order valence-corrected chi connectivity index (χ3v) is 6.69. The van der Waals surface area contributed by atoms with Crippen LogP contribution < -0.4 is 0 Å². The molecule has 1 saturated heterocycles. The van der Waals surface area contributed by atoms with E-state index in [9.17, 15) is 9.59 Å². The molecule has 0 unspecified atom stereocenters. The minimum Gasteiger partial charge on any atom is -0.478 e. The zero-order valence-electron chi connectivity index (χ0n) is 19.1. The average molecular weight is 463 g/mol. The number of hydrogen-bond acceptors (Lipinski definition) is 4. The second kappa shape index (κ2) is 9.00. The molecule has 176 valence electrons. The number of benzene rings is 1. The second-order valence-electron chi connectivity index (χ2n) is 9.22. The molecular weight excluding hydrogens is 435 g/mol. The number of aromatic nitrogens is 3. The number of fused-ring (bicyclic) bond motifs is 1. The number of aliphatic carboxylic acids is 1. The van der Waals surface area contributed by atoms with Crippen molar-refractivity contribution in [3.8, 4) is 11.3 Å². The number of carbonyl (C=O) groups excluding carboxylic acids is 1. The van der Waals surface area contributed by atoms with Gasteiger partial charge in [0, 0.05) is 47.5 Å². The van der Waals surface area contributed by atoms with Crippen LogP contribution in [0.5, 0.6) is 0 Å². The van der Waals surface area contributed by atoms with Crippen LogP contribution >= 0.6 is 0 Å². The van der Waals surface area contributed by atoms with Gasteiger partial charge >= 0.3 is 5.97 Å². The van der Waals surface area contributed by atoms with E-state index in [1.54, 1.807) is 22.7 Å². The number of nitrogens with zero attached hydrogens (tertiary/aromatic N) is 4. The molecule has 1 saturated carbocycles. The maximum atomic E-state index is 15.2. The molecule has 1 aliphatic carbocycles. The Balaban J connectivity index is 1.56. The first-order chi connectivity index (χ1) is 16.4. The van der Waals surface area contributed by atoms with Gasteiger partial charge < -0.3 is 10.0 Å². The Bertz CT molecular complexity index is 1290. The molecule has 3 aromatic rings. The van der Waals surface area contributed by atoms with Gasteiger partial charge in [-0.2, -0.15) is 5.10 Å². The molecule has 2 aliphatic rings. The van der Waals surface area contributed by atoms with Crippen LogP contribution in [-0.2, 0) is 4.79 Å². The summed E-state index contributed by atoms with van der Waals surface area (Å²) in [4.78, 5) is 30.8. The maximum absolute atomic E-state index is 15.2. The van der Waals surface area contributed by atoms with Crippen molar-refractivity contribution in [2.45, 2.75) is 57.4 Å². The van der Waals surface area contributed by atoms with Crippen LogP contribution in [0.15, 0.2) is 36.4 Å². The normalized spacial score (nSPS) is 19.0. The van der Waals surface area contributed by atoms with Crippen molar-refractivity contribution in [1.29, 1.82) is 0 Å². The van der Waals surface area contributed by atoms with E-state index in [1.807, 2.05) is 11.0 Å². The predicted molar refractivity (Wildman–Crippen MR) is 126 cm³/mol. The molecule has 8 heteroatoms. The van der Waals surface area contributed by atoms with Gasteiger partial charge in [0.25, 0.3) is 5.91 Å². The predicted octanol–water partition coefficient (Wildman–Crippen LogP) is 4.92. The third kappa shape index (κ3) is 4.32. The fraction of sp³-hybridized carbons (Fsp3) is 0.385. The van der Waals surface area contributed by atoms with E-state index in [-0.39, 0.29) is 23.1 Å². The van der Waals surface area contributed by atoms with Crippen LogP contribution in [0.3, 0.4) is 0 Å². The molecule has 1 atom stereocenters. The van der Waals surface area contributed by atoms with E-state index in [4.69, 9.17) is 5.11 Å². The standard InChI is InChI=1S/C26H27FN4O3/c1-16-6-3-2-4-13-30(16)26(34)21-14-22(17-9-10-17)31-23(28-21)15-20(29-31)19-8-5-7-18(25(19)27)11-12-24(32)33/h5,7-8,11-12,14-17H,2-4,6,9-10,13H2,1H3,(H,32,33)/b12-11+/t16-/m1/s1. The van der Waals surface area contributed by atoms with Gasteiger partial charge in [-0.15, -0.1) is 0 Å². The van der Waals surface area contributed by atoms with Gasteiger partial charge in [0.1, 0.15) is 11.5 Å². The number of carbonyl (C=O) groups is 2. The van der Waals surface area contributed by atoms with E-state index < -0.39 is 11.8 Å². The summed E-state index contributed by atoms with van der Waals surface area (Å²) in [5.41, 5.74) is 2.66. The van der Waals surface area contributed by atoms with Gasteiger partial charge in [-0.1, -0.05) is 25.0 Å². The summed E-state index contributed by atoms with van der Waals surface area (Å²) in [6, 6.07) is 8.50. The number of amides is 1. The lowest BCUT2D eigenvalue weighted by atomic mass is 10.1. The molecule has 5 rings (SSSR count). The van der Waals surface area contributed by atoms with Crippen molar-refractivity contribution in [3.63, 3.8) is 0 Å². The SMILES string of the molecule is C[C@@H]1CCCCCN1C(=O)c1cc(C2CC2)n2nc(-c3cccc(/C=C/C(=O)O)c3F)cc2n1. The molecule has 1 amide bonds. The summed E-state index contributed by atoms with van der Waals surface area (Å²) in [7, 11) is 0. The Kier molecular flexibility index (Phi) is 5.89. The molecule has 3 heterocycles. The van der Waals surface area contributed by atoms with Crippen LogP contribution in [-0.4, -0.2) is 49.1 Å². The topological polar surface area (TPSA) is 87.8 Å². The first-order valence-corrected chi connectivity index (χ1v) is 11.8. The highest BCUT2D eigenvalue weighted by Crippen LogP contribution is 2.40. The van der Waals surface area contributed by atoms with Crippen LogP contribution in [0.4, 0.5) is 4.39 Å². The van der Waals surface area contributed by atoms with Gasteiger partial charge in [0.15, 0.2) is 5.65 Å². The Morgan fingerprint density at radius 2 is 1.97 bits per heavy atom. The lowest BCUT2D eigenvalue weighted by Gasteiger charge is -2.27. The molecule has 1 aromatic carbocycles. The fourth-order valence-corrected chi connectivity index (χ4v) is 4.67. The number of likely N-dealkylation sites (tertiary alicyclic amines) is 1. The highest BCUT2D eigenvalue weighted by molar-refractivity contribution is 5.93. The van der Waals surface area contributed by atoms with Gasteiger partial charge in [-0.05, 0) is 50.8 Å². The van der Waals surface area contributed by atoms with Crippen molar-refractivity contribution < 1.29 is 19.1 Å². The summed E-state index contributed by atoms with van der Waals surface area (Å²) < 4.78 is 16.9. The van der Waals surface area contributed by atoms with E-state index in [0.717, 1.165) is 56.8 Å². The maximum Gasteiger partial charge on any atom is 0.328 e. The number of carboxylic acids is 1. The summed E-state index contributed by atoms with van der Waals surface area (Å²) >= 11 is 0. The molecule has 1 aliphatic heterocycles. The minimum atomic E-state index is -1.15. The molecule has 0 radical (unpaired) electrons. The summed E-state index contributed by atoms with van der Waals surface area (Å²) in [6.07, 6.45) is 8.42. The monoisotopic (exact) mass is 462 g/mol. The largest absolute Gasteiger partial charge is 0.478 e. The van der Waals surface area contributed by atoms with Crippen LogP contribution in [0, 0.1) is 5.82 Å². The third-order valence-electron chi connectivity index (χ3n) is 6.69. The molecule has 0 spiro atoms. The van der Waals surface area contributed by atoms with Crippen LogP contribution in [0.1, 0.15) is 73.1 Å².